The average molecular weight is 282 g/mol. The van der Waals surface area contributed by atoms with Crippen molar-refractivity contribution in [1.82, 2.24) is 0 Å². The van der Waals surface area contributed by atoms with E-state index >= 15 is 0 Å². The van der Waals surface area contributed by atoms with Crippen molar-refractivity contribution in [3.63, 3.8) is 0 Å². The summed E-state index contributed by atoms with van der Waals surface area (Å²) in [7, 11) is 0. The van der Waals surface area contributed by atoms with Gasteiger partial charge in [-0.05, 0) is 43.5 Å². The van der Waals surface area contributed by atoms with Crippen molar-refractivity contribution >= 4 is 15.9 Å². The van der Waals surface area contributed by atoms with Crippen LogP contribution in [-0.2, 0) is 6.42 Å². The number of ether oxygens (including phenoxy) is 1. The highest BCUT2D eigenvalue weighted by Gasteiger charge is 2.10. The first-order valence-electron chi connectivity index (χ1n) is 5.15. The molecule has 0 saturated carbocycles. The predicted octanol–water partition coefficient (Wildman–Crippen LogP) is 2.66. The van der Waals surface area contributed by atoms with Gasteiger partial charge in [0.15, 0.2) is 0 Å². The number of nitrogens with two attached hydrogens (primary N) is 1. The third-order valence-corrected chi connectivity index (χ3v) is 2.62. The lowest BCUT2D eigenvalue weighted by molar-refractivity contribution is 0.362. The van der Waals surface area contributed by atoms with Gasteiger partial charge >= 0.3 is 0 Å². The average Bonchev–Trinajstić information content (AvgIpc) is 2.15. The molecule has 2 nitrogen and oxygen atoms in total. The van der Waals surface area contributed by atoms with E-state index in [1.165, 1.54) is 0 Å². The van der Waals surface area contributed by atoms with E-state index in [1.54, 1.807) is 0 Å². The molecule has 86 valence electrons. The van der Waals surface area contributed by atoms with Gasteiger partial charge in [-0.1, -0.05) is 21.9 Å². The van der Waals surface area contributed by atoms with Gasteiger partial charge in [-0.3, -0.25) is 0 Å². The Kier molecular flexibility index (Phi) is 4.85. The summed E-state index contributed by atoms with van der Waals surface area (Å²) < 4.78 is 6.60. The van der Waals surface area contributed by atoms with E-state index in [-0.39, 0.29) is 12.6 Å². The summed E-state index contributed by atoms with van der Waals surface area (Å²) >= 11 is 3.47. The topological polar surface area (TPSA) is 35.2 Å². The van der Waals surface area contributed by atoms with Crippen LogP contribution in [0.15, 0.2) is 16.6 Å². The molecule has 0 aliphatic heterocycles. The number of benzene rings is 1. The highest BCUT2D eigenvalue weighted by Crippen LogP contribution is 2.28. The van der Waals surface area contributed by atoms with Crippen molar-refractivity contribution in [2.75, 3.05) is 6.61 Å². The van der Waals surface area contributed by atoms with Crippen LogP contribution in [0.1, 0.15) is 18.1 Å². The molecule has 1 unspecified atom stereocenters. The molecule has 0 bridgehead atoms. The summed E-state index contributed by atoms with van der Waals surface area (Å²) in [5.41, 5.74) is 7.98. The first-order chi connectivity index (χ1) is 7.54. The quantitative estimate of drug-likeness (QED) is 0.862. The maximum atomic E-state index is 5.81. The minimum Gasteiger partial charge on any atom is -0.480 e. The highest BCUT2D eigenvalue weighted by atomic mass is 79.9. The molecule has 0 saturated heterocycles. The van der Waals surface area contributed by atoms with E-state index in [0.29, 0.717) is 0 Å². The van der Waals surface area contributed by atoms with E-state index in [1.807, 2.05) is 26.0 Å². The normalized spacial score (nSPS) is 11.9. The summed E-state index contributed by atoms with van der Waals surface area (Å²) in [6.45, 7) is 4.26. The molecule has 3 heteroatoms. The molecule has 0 heterocycles. The molecular weight excluding hydrogens is 266 g/mol. The summed E-state index contributed by atoms with van der Waals surface area (Å²) in [6, 6.07) is 4.14. The Morgan fingerprint density at radius 3 is 2.81 bits per heavy atom. The molecule has 1 atom stereocenters. The Morgan fingerprint density at radius 2 is 2.25 bits per heavy atom. The van der Waals surface area contributed by atoms with Crippen molar-refractivity contribution in [2.45, 2.75) is 26.3 Å². The number of terminal acetylenes is 1. The fraction of sp³-hybridized carbons (Fsp3) is 0.385. The Hall–Kier alpha value is -0.980. The van der Waals surface area contributed by atoms with Crippen LogP contribution < -0.4 is 10.5 Å². The lowest BCUT2D eigenvalue weighted by Gasteiger charge is -2.15. The summed E-state index contributed by atoms with van der Waals surface area (Å²) in [6.07, 6.45) is 5.98. The molecule has 0 aliphatic carbocycles. The standard InChI is InChI=1S/C13H16BrNO/c1-4-5-16-13-9(2)6-12(14)8-11(13)7-10(3)15/h1,6,8,10H,5,7,15H2,2-3H3. The molecule has 1 aromatic carbocycles. The van der Waals surface area contributed by atoms with Crippen molar-refractivity contribution in [3.8, 4) is 18.1 Å². The zero-order chi connectivity index (χ0) is 12.1. The summed E-state index contributed by atoms with van der Waals surface area (Å²) in [4.78, 5) is 0. The minimum absolute atomic E-state index is 0.0990. The van der Waals surface area contributed by atoms with Crippen LogP contribution in [0.2, 0.25) is 0 Å². The van der Waals surface area contributed by atoms with E-state index in [0.717, 1.165) is 27.8 Å². The van der Waals surface area contributed by atoms with Gasteiger partial charge in [-0.25, -0.2) is 0 Å². The molecule has 0 amide bonds. The van der Waals surface area contributed by atoms with Gasteiger partial charge < -0.3 is 10.5 Å². The molecule has 1 rings (SSSR count). The summed E-state index contributed by atoms with van der Waals surface area (Å²) in [5, 5.41) is 0. The number of halogens is 1. The van der Waals surface area contributed by atoms with Gasteiger partial charge in [0.1, 0.15) is 12.4 Å². The second-order valence-electron chi connectivity index (χ2n) is 3.89. The van der Waals surface area contributed by atoms with Crippen molar-refractivity contribution in [1.29, 1.82) is 0 Å². The third kappa shape index (κ3) is 3.55. The SMILES string of the molecule is C#CCOc1c(C)cc(Br)cc1CC(C)N. The van der Waals surface area contributed by atoms with E-state index in [9.17, 15) is 0 Å². The molecule has 16 heavy (non-hydrogen) atoms. The molecule has 0 spiro atoms. The van der Waals surface area contributed by atoms with Gasteiger partial charge in [0, 0.05) is 10.5 Å². The Labute approximate surface area is 105 Å². The smallest absolute Gasteiger partial charge is 0.148 e. The van der Waals surface area contributed by atoms with Crippen molar-refractivity contribution in [3.05, 3.63) is 27.7 Å². The highest BCUT2D eigenvalue weighted by molar-refractivity contribution is 9.10. The van der Waals surface area contributed by atoms with Crippen LogP contribution in [-0.4, -0.2) is 12.6 Å². The van der Waals surface area contributed by atoms with Gasteiger partial charge in [-0.2, -0.15) is 0 Å². The van der Waals surface area contributed by atoms with Crippen LogP contribution in [0.25, 0.3) is 0 Å². The lowest BCUT2D eigenvalue weighted by atomic mass is 10.0. The number of hydrogen-bond acceptors (Lipinski definition) is 2. The van der Waals surface area contributed by atoms with E-state index < -0.39 is 0 Å². The molecule has 0 aliphatic rings. The van der Waals surface area contributed by atoms with E-state index in [2.05, 4.69) is 21.9 Å². The van der Waals surface area contributed by atoms with Crippen LogP contribution in [0.4, 0.5) is 0 Å². The van der Waals surface area contributed by atoms with Crippen LogP contribution in [0, 0.1) is 19.3 Å². The predicted molar refractivity (Wildman–Crippen MR) is 70.6 cm³/mol. The Bertz CT molecular complexity index is 407. The Morgan fingerprint density at radius 1 is 1.56 bits per heavy atom. The maximum Gasteiger partial charge on any atom is 0.148 e. The maximum absolute atomic E-state index is 5.81. The van der Waals surface area contributed by atoms with Gasteiger partial charge in [-0.15, -0.1) is 6.42 Å². The lowest BCUT2D eigenvalue weighted by Crippen LogP contribution is -2.18. The van der Waals surface area contributed by atoms with Crippen LogP contribution in [0.3, 0.4) is 0 Å². The number of aryl methyl sites for hydroxylation is 1. The molecule has 2 N–H and O–H groups in total. The van der Waals surface area contributed by atoms with Crippen molar-refractivity contribution < 1.29 is 4.74 Å². The fourth-order valence-corrected chi connectivity index (χ4v) is 2.24. The molecule has 0 aromatic heterocycles. The molecular formula is C13H16BrNO. The van der Waals surface area contributed by atoms with Gasteiger partial charge in [0.2, 0.25) is 0 Å². The largest absolute Gasteiger partial charge is 0.480 e. The second-order valence-corrected chi connectivity index (χ2v) is 4.80. The fourth-order valence-electron chi connectivity index (χ4n) is 1.62. The minimum atomic E-state index is 0.0990. The number of hydrogen-bond donors (Lipinski definition) is 1. The van der Waals surface area contributed by atoms with E-state index in [4.69, 9.17) is 16.9 Å². The molecule has 1 aromatic rings. The number of rotatable bonds is 4. The second kappa shape index (κ2) is 5.93. The van der Waals surface area contributed by atoms with Crippen LogP contribution >= 0.6 is 15.9 Å². The third-order valence-electron chi connectivity index (χ3n) is 2.16. The summed E-state index contributed by atoms with van der Waals surface area (Å²) in [5.74, 6) is 3.33. The monoisotopic (exact) mass is 281 g/mol. The van der Waals surface area contributed by atoms with Crippen molar-refractivity contribution in [2.24, 2.45) is 5.73 Å². The first kappa shape index (κ1) is 13.1. The zero-order valence-corrected chi connectivity index (χ0v) is 11.2. The van der Waals surface area contributed by atoms with Gasteiger partial charge in [0.25, 0.3) is 0 Å². The van der Waals surface area contributed by atoms with Gasteiger partial charge in [0.05, 0.1) is 0 Å². The first-order valence-corrected chi connectivity index (χ1v) is 5.94. The zero-order valence-electron chi connectivity index (χ0n) is 9.59. The molecule has 0 radical (unpaired) electrons. The van der Waals surface area contributed by atoms with Crippen LogP contribution in [0.5, 0.6) is 5.75 Å². The molecule has 0 fully saturated rings. The Balaban J connectivity index is 3.06.